The van der Waals surface area contributed by atoms with Crippen molar-refractivity contribution < 1.29 is 9.59 Å². The molecule has 0 aliphatic carbocycles. The monoisotopic (exact) mass is 344 g/mol. The minimum atomic E-state index is -0.115. The molecule has 1 unspecified atom stereocenters. The zero-order chi connectivity index (χ0) is 17.5. The lowest BCUT2D eigenvalue weighted by Crippen LogP contribution is -2.44. The number of rotatable bonds is 5. The van der Waals surface area contributed by atoms with E-state index in [1.54, 1.807) is 4.90 Å². The zero-order valence-corrected chi connectivity index (χ0v) is 14.7. The predicted octanol–water partition coefficient (Wildman–Crippen LogP) is 1.43. The van der Waals surface area contributed by atoms with Gasteiger partial charge in [0, 0.05) is 32.7 Å². The van der Waals surface area contributed by atoms with Crippen molar-refractivity contribution in [2.75, 3.05) is 39.3 Å². The molecule has 2 aliphatic heterocycles. The van der Waals surface area contributed by atoms with Crippen molar-refractivity contribution in [3.8, 4) is 0 Å². The molecule has 3 rings (SSSR count). The maximum atomic E-state index is 12.2. The summed E-state index contributed by atoms with van der Waals surface area (Å²) in [5.74, 6) is 0.566. The number of carbonyl (C=O) groups excluding carboxylic acids is 2. The molecule has 25 heavy (non-hydrogen) atoms. The highest BCUT2D eigenvalue weighted by Crippen LogP contribution is 2.21. The fraction of sp³-hybridized carbons (Fsp3) is 0.579. The highest BCUT2D eigenvalue weighted by molar-refractivity contribution is 5.84. The lowest BCUT2D eigenvalue weighted by molar-refractivity contribution is -0.121. The number of urea groups is 1. The summed E-state index contributed by atoms with van der Waals surface area (Å²) in [5.41, 5.74) is 1.36. The van der Waals surface area contributed by atoms with Gasteiger partial charge in [-0.3, -0.25) is 9.69 Å². The molecule has 0 saturated carbocycles. The second-order valence-corrected chi connectivity index (χ2v) is 7.02. The van der Waals surface area contributed by atoms with Crippen molar-refractivity contribution >= 4 is 11.9 Å². The Morgan fingerprint density at radius 2 is 2.08 bits per heavy atom. The fourth-order valence-corrected chi connectivity index (χ4v) is 3.61. The van der Waals surface area contributed by atoms with Gasteiger partial charge in [-0.25, -0.2) is 4.79 Å². The summed E-state index contributed by atoms with van der Waals surface area (Å²) in [6.07, 6.45) is 3.00. The van der Waals surface area contributed by atoms with Gasteiger partial charge in [-0.2, -0.15) is 0 Å². The summed E-state index contributed by atoms with van der Waals surface area (Å²) in [6.45, 7) is 5.37. The van der Waals surface area contributed by atoms with Gasteiger partial charge in [0.2, 0.25) is 5.91 Å². The first kappa shape index (κ1) is 17.7. The van der Waals surface area contributed by atoms with Gasteiger partial charge in [-0.1, -0.05) is 30.3 Å². The summed E-state index contributed by atoms with van der Waals surface area (Å²) in [4.78, 5) is 27.8. The van der Waals surface area contributed by atoms with Crippen LogP contribution in [0.4, 0.5) is 4.79 Å². The van der Waals surface area contributed by atoms with Crippen molar-refractivity contribution in [2.45, 2.75) is 25.8 Å². The maximum absolute atomic E-state index is 12.2. The Kier molecular flexibility index (Phi) is 6.28. The van der Waals surface area contributed by atoms with Crippen LogP contribution in [0.2, 0.25) is 0 Å². The molecular weight excluding hydrogens is 316 g/mol. The molecule has 2 heterocycles. The van der Waals surface area contributed by atoms with Gasteiger partial charge < -0.3 is 15.5 Å². The van der Waals surface area contributed by atoms with Crippen LogP contribution in [0, 0.1) is 5.92 Å². The van der Waals surface area contributed by atoms with Crippen molar-refractivity contribution in [3.63, 3.8) is 0 Å². The van der Waals surface area contributed by atoms with Gasteiger partial charge in [-0.05, 0) is 37.3 Å². The molecule has 0 radical (unpaired) electrons. The molecule has 2 aliphatic rings. The highest BCUT2D eigenvalue weighted by atomic mass is 16.2. The molecule has 1 atom stereocenters. The number of nitrogens with zero attached hydrogens (tertiary/aromatic N) is 2. The standard InChI is InChI=1S/C19H28N4O2/c24-18-15-23(11-4-9-20-18)19(25)21-10-7-17-8-12-22(14-17)13-16-5-2-1-3-6-16/h1-3,5-6,17H,4,7-15H2,(H,20,24)(H,21,25). The topological polar surface area (TPSA) is 64.7 Å². The number of hydrogen-bond donors (Lipinski definition) is 2. The summed E-state index contributed by atoms with van der Waals surface area (Å²) in [7, 11) is 0. The van der Waals surface area contributed by atoms with Crippen molar-refractivity contribution in [3.05, 3.63) is 35.9 Å². The van der Waals surface area contributed by atoms with Crippen molar-refractivity contribution in [2.24, 2.45) is 5.92 Å². The summed E-state index contributed by atoms with van der Waals surface area (Å²) >= 11 is 0. The van der Waals surface area contributed by atoms with Crippen LogP contribution < -0.4 is 10.6 Å². The second kappa shape index (κ2) is 8.85. The van der Waals surface area contributed by atoms with E-state index in [1.807, 2.05) is 6.07 Å². The molecule has 1 aromatic carbocycles. The van der Waals surface area contributed by atoms with E-state index in [0.717, 1.165) is 32.5 Å². The lowest BCUT2D eigenvalue weighted by Gasteiger charge is -2.20. The van der Waals surface area contributed by atoms with E-state index in [0.29, 0.717) is 25.6 Å². The Hall–Kier alpha value is -2.08. The van der Waals surface area contributed by atoms with E-state index in [4.69, 9.17) is 0 Å². The van der Waals surface area contributed by atoms with Crippen LogP contribution in [0.25, 0.3) is 0 Å². The van der Waals surface area contributed by atoms with E-state index in [-0.39, 0.29) is 18.5 Å². The van der Waals surface area contributed by atoms with Crippen LogP contribution in [0.15, 0.2) is 30.3 Å². The average molecular weight is 344 g/mol. The minimum Gasteiger partial charge on any atom is -0.354 e. The third-order valence-electron chi connectivity index (χ3n) is 5.00. The Labute approximate surface area is 149 Å². The molecular formula is C19H28N4O2. The SMILES string of the molecule is O=C1CN(C(=O)NCCC2CCN(Cc3ccccc3)C2)CCCN1. The lowest BCUT2D eigenvalue weighted by atomic mass is 10.1. The third-order valence-corrected chi connectivity index (χ3v) is 5.00. The number of hydrogen-bond acceptors (Lipinski definition) is 3. The van der Waals surface area contributed by atoms with Crippen LogP contribution in [-0.2, 0) is 11.3 Å². The van der Waals surface area contributed by atoms with Gasteiger partial charge in [0.1, 0.15) is 6.54 Å². The molecule has 0 bridgehead atoms. The Balaban J connectivity index is 1.35. The van der Waals surface area contributed by atoms with Crippen LogP contribution >= 0.6 is 0 Å². The number of likely N-dealkylation sites (tertiary alicyclic amines) is 1. The highest BCUT2D eigenvalue weighted by Gasteiger charge is 2.23. The van der Waals surface area contributed by atoms with Crippen molar-refractivity contribution in [1.82, 2.24) is 20.4 Å². The summed E-state index contributed by atoms with van der Waals surface area (Å²) < 4.78 is 0. The first-order chi connectivity index (χ1) is 12.2. The Bertz CT molecular complexity index is 578. The molecule has 1 aromatic rings. The van der Waals surface area contributed by atoms with Gasteiger partial charge in [0.15, 0.2) is 0 Å². The van der Waals surface area contributed by atoms with E-state index in [2.05, 4.69) is 39.8 Å². The van der Waals surface area contributed by atoms with Crippen molar-refractivity contribution in [1.29, 1.82) is 0 Å². The van der Waals surface area contributed by atoms with Crippen LogP contribution in [0.1, 0.15) is 24.8 Å². The zero-order valence-electron chi connectivity index (χ0n) is 14.7. The maximum Gasteiger partial charge on any atom is 0.317 e. The third kappa shape index (κ3) is 5.46. The van der Waals surface area contributed by atoms with E-state index in [9.17, 15) is 9.59 Å². The largest absolute Gasteiger partial charge is 0.354 e. The Morgan fingerprint density at radius 1 is 1.24 bits per heavy atom. The number of benzene rings is 1. The van der Waals surface area contributed by atoms with E-state index >= 15 is 0 Å². The van der Waals surface area contributed by atoms with E-state index in [1.165, 1.54) is 12.0 Å². The molecule has 2 fully saturated rings. The average Bonchev–Trinajstić information content (AvgIpc) is 2.93. The van der Waals surface area contributed by atoms with E-state index < -0.39 is 0 Å². The molecule has 6 heteroatoms. The van der Waals surface area contributed by atoms with Gasteiger partial charge in [0.25, 0.3) is 0 Å². The predicted molar refractivity (Wildman–Crippen MR) is 97.0 cm³/mol. The van der Waals surface area contributed by atoms with Crippen LogP contribution in [0.5, 0.6) is 0 Å². The molecule has 0 spiro atoms. The minimum absolute atomic E-state index is 0.0694. The molecule has 136 valence electrons. The number of amides is 3. The number of carbonyl (C=O) groups is 2. The molecule has 2 saturated heterocycles. The first-order valence-electron chi connectivity index (χ1n) is 9.26. The molecule has 6 nitrogen and oxygen atoms in total. The summed E-state index contributed by atoms with van der Waals surface area (Å²) in [6, 6.07) is 10.4. The van der Waals surface area contributed by atoms with Crippen LogP contribution in [-0.4, -0.2) is 61.0 Å². The molecule has 3 amide bonds. The number of nitrogens with one attached hydrogen (secondary N) is 2. The fourth-order valence-electron chi connectivity index (χ4n) is 3.61. The van der Waals surface area contributed by atoms with Gasteiger partial charge in [-0.15, -0.1) is 0 Å². The molecule has 2 N–H and O–H groups in total. The van der Waals surface area contributed by atoms with Crippen LogP contribution in [0.3, 0.4) is 0 Å². The first-order valence-corrected chi connectivity index (χ1v) is 9.26. The molecule has 0 aromatic heterocycles. The second-order valence-electron chi connectivity index (χ2n) is 7.02. The van der Waals surface area contributed by atoms with Gasteiger partial charge in [0.05, 0.1) is 0 Å². The normalized spacial score (nSPS) is 21.7. The van der Waals surface area contributed by atoms with Gasteiger partial charge >= 0.3 is 6.03 Å². The smallest absolute Gasteiger partial charge is 0.317 e. The summed E-state index contributed by atoms with van der Waals surface area (Å²) in [5, 5.41) is 5.77. The Morgan fingerprint density at radius 3 is 2.92 bits per heavy atom. The quantitative estimate of drug-likeness (QED) is 0.849.